The third kappa shape index (κ3) is 4.12. The molecule has 0 aliphatic carbocycles. The number of halogens is 1. The van der Waals surface area contributed by atoms with Gasteiger partial charge in [-0.15, -0.1) is 0 Å². The molecule has 3 aromatic rings. The number of ether oxygens (including phenoxy) is 1. The number of amides is 1. The first kappa shape index (κ1) is 20.1. The van der Waals surface area contributed by atoms with E-state index in [1.807, 2.05) is 44.2 Å². The van der Waals surface area contributed by atoms with Gasteiger partial charge in [0, 0.05) is 21.1 Å². The number of esters is 1. The SMILES string of the molecule is CCc1cccc(CC)c1NC(=O)COC(=O)c1oc2ccc(Br)cc2c1C. The number of nitrogens with one attached hydrogen (secondary N) is 1. The Morgan fingerprint density at radius 2 is 1.79 bits per heavy atom. The van der Waals surface area contributed by atoms with Gasteiger partial charge in [0.25, 0.3) is 5.91 Å². The van der Waals surface area contributed by atoms with Gasteiger partial charge in [-0.25, -0.2) is 4.79 Å². The Labute approximate surface area is 172 Å². The Hall–Kier alpha value is -2.60. The number of furan rings is 1. The van der Waals surface area contributed by atoms with Gasteiger partial charge in [0.1, 0.15) is 5.58 Å². The predicted molar refractivity (Wildman–Crippen MR) is 113 cm³/mol. The summed E-state index contributed by atoms with van der Waals surface area (Å²) in [6.07, 6.45) is 1.61. The van der Waals surface area contributed by atoms with Crippen molar-refractivity contribution >= 4 is 44.5 Å². The molecule has 146 valence electrons. The zero-order chi connectivity index (χ0) is 20.3. The topological polar surface area (TPSA) is 68.5 Å². The van der Waals surface area contributed by atoms with Crippen LogP contribution in [0.25, 0.3) is 11.0 Å². The van der Waals surface area contributed by atoms with Crippen molar-refractivity contribution in [3.05, 3.63) is 63.3 Å². The van der Waals surface area contributed by atoms with E-state index in [2.05, 4.69) is 21.2 Å². The number of aryl methyl sites for hydroxylation is 3. The van der Waals surface area contributed by atoms with Crippen molar-refractivity contribution < 1.29 is 18.7 Å². The molecule has 0 atom stereocenters. The minimum Gasteiger partial charge on any atom is -0.450 e. The second-order valence-corrected chi connectivity index (χ2v) is 7.40. The van der Waals surface area contributed by atoms with Gasteiger partial charge in [-0.2, -0.15) is 0 Å². The van der Waals surface area contributed by atoms with Gasteiger partial charge in [0.05, 0.1) is 0 Å². The van der Waals surface area contributed by atoms with Crippen LogP contribution in [-0.4, -0.2) is 18.5 Å². The zero-order valence-electron chi connectivity index (χ0n) is 16.1. The Balaban J connectivity index is 1.70. The zero-order valence-corrected chi connectivity index (χ0v) is 17.7. The fourth-order valence-corrected chi connectivity index (χ4v) is 3.52. The molecule has 0 saturated carbocycles. The van der Waals surface area contributed by atoms with Gasteiger partial charge >= 0.3 is 5.97 Å². The van der Waals surface area contributed by atoms with Gasteiger partial charge < -0.3 is 14.5 Å². The van der Waals surface area contributed by atoms with Crippen molar-refractivity contribution in [3.63, 3.8) is 0 Å². The third-order valence-corrected chi connectivity index (χ3v) is 5.17. The first-order valence-corrected chi connectivity index (χ1v) is 10.00. The van der Waals surface area contributed by atoms with Crippen LogP contribution in [0, 0.1) is 6.92 Å². The number of hydrogen-bond donors (Lipinski definition) is 1. The highest BCUT2D eigenvalue weighted by Crippen LogP contribution is 2.28. The van der Waals surface area contributed by atoms with E-state index >= 15 is 0 Å². The van der Waals surface area contributed by atoms with Gasteiger partial charge in [-0.05, 0) is 49.1 Å². The molecule has 1 heterocycles. The van der Waals surface area contributed by atoms with Gasteiger partial charge in [0.15, 0.2) is 6.61 Å². The first-order chi connectivity index (χ1) is 13.4. The van der Waals surface area contributed by atoms with E-state index in [0.717, 1.165) is 39.5 Å². The minimum atomic E-state index is -0.653. The Morgan fingerprint density at radius 3 is 2.43 bits per heavy atom. The fraction of sp³-hybridized carbons (Fsp3) is 0.273. The predicted octanol–water partition coefficient (Wildman–Crippen LogP) is 5.42. The minimum absolute atomic E-state index is 0.115. The van der Waals surface area contributed by atoms with Crippen molar-refractivity contribution in [2.45, 2.75) is 33.6 Å². The molecule has 1 N–H and O–H groups in total. The third-order valence-electron chi connectivity index (χ3n) is 4.68. The highest BCUT2D eigenvalue weighted by Gasteiger charge is 2.20. The molecule has 0 fully saturated rings. The largest absolute Gasteiger partial charge is 0.450 e. The molecule has 0 aliphatic heterocycles. The molecular formula is C22H22BrNO4. The Kier molecular flexibility index (Phi) is 6.19. The van der Waals surface area contributed by atoms with Crippen LogP contribution in [0.4, 0.5) is 5.69 Å². The molecule has 0 spiro atoms. The number of rotatable bonds is 6. The summed E-state index contributed by atoms with van der Waals surface area (Å²) < 4.78 is 11.7. The van der Waals surface area contributed by atoms with Crippen molar-refractivity contribution in [3.8, 4) is 0 Å². The average molecular weight is 444 g/mol. The number of fused-ring (bicyclic) bond motifs is 1. The molecule has 28 heavy (non-hydrogen) atoms. The van der Waals surface area contributed by atoms with Crippen LogP contribution in [0.3, 0.4) is 0 Å². The maximum absolute atomic E-state index is 12.4. The number of benzene rings is 2. The molecule has 3 rings (SSSR count). The molecule has 1 amide bonds. The maximum Gasteiger partial charge on any atom is 0.375 e. The molecule has 2 aromatic carbocycles. The summed E-state index contributed by atoms with van der Waals surface area (Å²) in [5.74, 6) is -0.913. The van der Waals surface area contributed by atoms with Crippen molar-refractivity contribution in [1.82, 2.24) is 0 Å². The van der Waals surface area contributed by atoms with Gasteiger partial charge in [-0.3, -0.25) is 4.79 Å². The van der Waals surface area contributed by atoms with Gasteiger partial charge in [0.2, 0.25) is 5.76 Å². The lowest BCUT2D eigenvalue weighted by atomic mass is 10.0. The lowest BCUT2D eigenvalue weighted by Crippen LogP contribution is -2.22. The van der Waals surface area contributed by atoms with Crippen LogP contribution in [-0.2, 0) is 22.4 Å². The van der Waals surface area contributed by atoms with Gasteiger partial charge in [-0.1, -0.05) is 48.0 Å². The molecule has 0 radical (unpaired) electrons. The number of anilines is 1. The monoisotopic (exact) mass is 443 g/mol. The lowest BCUT2D eigenvalue weighted by molar-refractivity contribution is -0.119. The molecule has 0 aliphatic rings. The van der Waals surface area contributed by atoms with Crippen LogP contribution >= 0.6 is 15.9 Å². The van der Waals surface area contributed by atoms with E-state index < -0.39 is 5.97 Å². The Morgan fingerprint density at radius 1 is 1.11 bits per heavy atom. The maximum atomic E-state index is 12.4. The fourth-order valence-electron chi connectivity index (χ4n) is 3.16. The molecule has 0 saturated heterocycles. The molecule has 5 nitrogen and oxygen atoms in total. The first-order valence-electron chi connectivity index (χ1n) is 9.21. The molecule has 6 heteroatoms. The van der Waals surface area contributed by atoms with E-state index in [-0.39, 0.29) is 18.3 Å². The van der Waals surface area contributed by atoms with E-state index in [1.54, 1.807) is 13.0 Å². The van der Waals surface area contributed by atoms with Crippen molar-refractivity contribution in [2.24, 2.45) is 0 Å². The quantitative estimate of drug-likeness (QED) is 0.516. The van der Waals surface area contributed by atoms with E-state index in [1.165, 1.54) is 0 Å². The second kappa shape index (κ2) is 8.61. The molecule has 0 unspecified atom stereocenters. The summed E-state index contributed by atoms with van der Waals surface area (Å²) in [5.41, 5.74) is 4.20. The second-order valence-electron chi connectivity index (χ2n) is 6.48. The average Bonchev–Trinajstić information content (AvgIpc) is 3.02. The van der Waals surface area contributed by atoms with Crippen LogP contribution in [0.15, 0.2) is 45.3 Å². The lowest BCUT2D eigenvalue weighted by Gasteiger charge is -2.14. The van der Waals surface area contributed by atoms with Crippen LogP contribution < -0.4 is 5.32 Å². The molecule has 1 aromatic heterocycles. The summed E-state index contributed by atoms with van der Waals surface area (Å²) in [6.45, 7) is 5.49. The number of para-hydroxylation sites is 1. The van der Waals surface area contributed by atoms with Crippen LogP contribution in [0.1, 0.15) is 41.1 Å². The number of carbonyl (C=O) groups is 2. The summed E-state index contributed by atoms with van der Waals surface area (Å²) in [5, 5.41) is 3.71. The summed E-state index contributed by atoms with van der Waals surface area (Å²) >= 11 is 3.41. The van der Waals surface area contributed by atoms with E-state index in [9.17, 15) is 9.59 Å². The highest BCUT2D eigenvalue weighted by atomic mass is 79.9. The number of carbonyl (C=O) groups excluding carboxylic acids is 2. The van der Waals surface area contributed by atoms with E-state index in [4.69, 9.17) is 9.15 Å². The smallest absolute Gasteiger partial charge is 0.375 e. The molecule has 0 bridgehead atoms. The standard InChI is InChI=1S/C22H22BrNO4/c1-4-14-7-6-8-15(5-2)20(14)24-19(25)12-27-22(26)21-13(3)17-11-16(23)9-10-18(17)28-21/h6-11H,4-5,12H2,1-3H3,(H,24,25). The van der Waals surface area contributed by atoms with Crippen molar-refractivity contribution in [1.29, 1.82) is 0 Å². The molecular weight excluding hydrogens is 422 g/mol. The van der Waals surface area contributed by atoms with Crippen molar-refractivity contribution in [2.75, 3.05) is 11.9 Å². The summed E-state index contributed by atoms with van der Waals surface area (Å²) in [6, 6.07) is 11.4. The number of hydrogen-bond acceptors (Lipinski definition) is 4. The van der Waals surface area contributed by atoms with E-state index in [0.29, 0.717) is 11.1 Å². The van der Waals surface area contributed by atoms with Crippen LogP contribution in [0.5, 0.6) is 0 Å². The summed E-state index contributed by atoms with van der Waals surface area (Å²) in [4.78, 5) is 24.8. The summed E-state index contributed by atoms with van der Waals surface area (Å²) in [7, 11) is 0. The highest BCUT2D eigenvalue weighted by molar-refractivity contribution is 9.10. The normalized spacial score (nSPS) is 10.9. The van der Waals surface area contributed by atoms with Crippen LogP contribution in [0.2, 0.25) is 0 Å². The Bertz CT molecular complexity index is 1020.